The summed E-state index contributed by atoms with van der Waals surface area (Å²) in [7, 11) is 2.23. The van der Waals surface area contributed by atoms with E-state index in [1.807, 2.05) is 54.6 Å². The number of nitrogens with zero attached hydrogens (tertiary/aromatic N) is 1. The number of fused-ring (bicyclic) bond motifs is 2. The van der Waals surface area contributed by atoms with E-state index in [4.69, 9.17) is 13.9 Å². The molecule has 3 atom stereocenters. The molecule has 2 bridgehead atoms. The zero-order chi connectivity index (χ0) is 21.2. The van der Waals surface area contributed by atoms with Crippen molar-refractivity contribution in [3.05, 3.63) is 72.5 Å². The fourth-order valence-corrected chi connectivity index (χ4v) is 4.56. The normalized spacial score (nSPS) is 22.8. The number of benzene rings is 2. The van der Waals surface area contributed by atoms with Crippen LogP contribution >= 0.6 is 0 Å². The molecule has 160 valence electrons. The molecule has 5 rings (SSSR count). The maximum Gasteiger partial charge on any atom is 0.291 e. The summed E-state index contributed by atoms with van der Waals surface area (Å²) in [5.41, 5.74) is 0.683. The lowest BCUT2D eigenvalue weighted by atomic mass is 10.0. The third-order valence-electron chi connectivity index (χ3n) is 6.24. The van der Waals surface area contributed by atoms with Gasteiger partial charge in [0.05, 0.1) is 0 Å². The smallest absolute Gasteiger partial charge is 0.291 e. The molecular weight excluding hydrogens is 392 g/mol. The molecule has 2 aliphatic heterocycles. The zero-order valence-electron chi connectivity index (χ0n) is 17.5. The lowest BCUT2D eigenvalue weighted by molar-refractivity contribution is 0.0662. The molecule has 0 radical (unpaired) electrons. The van der Waals surface area contributed by atoms with E-state index in [2.05, 4.69) is 17.3 Å². The van der Waals surface area contributed by atoms with E-state index in [0.29, 0.717) is 23.5 Å². The molecule has 0 unspecified atom stereocenters. The Balaban J connectivity index is 1.16. The molecule has 6 heteroatoms. The van der Waals surface area contributed by atoms with Crippen molar-refractivity contribution in [1.82, 2.24) is 4.90 Å². The number of amides is 1. The van der Waals surface area contributed by atoms with Gasteiger partial charge in [0.1, 0.15) is 17.6 Å². The van der Waals surface area contributed by atoms with Gasteiger partial charge in [-0.05, 0) is 75.2 Å². The number of carbonyl (C=O) groups is 1. The van der Waals surface area contributed by atoms with Crippen molar-refractivity contribution < 1.29 is 18.7 Å². The maximum atomic E-state index is 12.5. The van der Waals surface area contributed by atoms with Gasteiger partial charge in [-0.15, -0.1) is 0 Å². The fraction of sp³-hybridized carbons (Fsp3) is 0.320. The average Bonchev–Trinajstić information content (AvgIpc) is 3.31. The van der Waals surface area contributed by atoms with Crippen LogP contribution in [0.2, 0.25) is 0 Å². The first-order chi connectivity index (χ1) is 15.1. The Morgan fingerprint density at radius 1 is 0.935 bits per heavy atom. The van der Waals surface area contributed by atoms with E-state index < -0.39 is 0 Å². The summed E-state index contributed by atoms with van der Waals surface area (Å²) >= 11 is 0. The van der Waals surface area contributed by atoms with Gasteiger partial charge in [0.15, 0.2) is 5.76 Å². The molecule has 0 saturated carbocycles. The van der Waals surface area contributed by atoms with Gasteiger partial charge < -0.3 is 24.1 Å². The van der Waals surface area contributed by atoms with Crippen LogP contribution in [-0.2, 0) is 0 Å². The van der Waals surface area contributed by atoms with E-state index in [1.54, 1.807) is 12.1 Å². The van der Waals surface area contributed by atoms with Crippen LogP contribution in [0.5, 0.6) is 17.4 Å². The van der Waals surface area contributed by atoms with Gasteiger partial charge >= 0.3 is 0 Å². The number of hydrogen-bond acceptors (Lipinski definition) is 5. The number of para-hydroxylation sites is 1. The van der Waals surface area contributed by atoms with Crippen molar-refractivity contribution in [2.75, 3.05) is 12.4 Å². The van der Waals surface area contributed by atoms with Gasteiger partial charge in [-0.1, -0.05) is 18.2 Å². The summed E-state index contributed by atoms with van der Waals surface area (Å²) in [6, 6.07) is 21.3. The first-order valence-electron chi connectivity index (χ1n) is 10.8. The number of carbonyl (C=O) groups excluding carboxylic acids is 1. The zero-order valence-corrected chi connectivity index (χ0v) is 17.5. The minimum atomic E-state index is -0.330. The van der Waals surface area contributed by atoms with E-state index in [-0.39, 0.29) is 23.7 Å². The summed E-state index contributed by atoms with van der Waals surface area (Å²) in [6.07, 6.45) is 4.97. The molecule has 2 aliphatic rings. The van der Waals surface area contributed by atoms with Crippen LogP contribution in [0.25, 0.3) is 0 Å². The molecule has 1 amide bonds. The lowest BCUT2D eigenvalue weighted by Crippen LogP contribution is -2.43. The van der Waals surface area contributed by atoms with Crippen molar-refractivity contribution in [1.29, 1.82) is 0 Å². The minimum Gasteiger partial charge on any atom is -0.490 e. The molecule has 3 heterocycles. The predicted octanol–water partition coefficient (Wildman–Crippen LogP) is 5.33. The molecule has 0 aliphatic carbocycles. The molecule has 2 saturated heterocycles. The third kappa shape index (κ3) is 4.44. The molecule has 1 N–H and O–H groups in total. The number of rotatable bonds is 6. The Morgan fingerprint density at radius 2 is 1.65 bits per heavy atom. The van der Waals surface area contributed by atoms with Crippen molar-refractivity contribution in [2.24, 2.45) is 0 Å². The van der Waals surface area contributed by atoms with E-state index in [1.165, 1.54) is 12.8 Å². The van der Waals surface area contributed by atoms with Crippen molar-refractivity contribution >= 4 is 11.6 Å². The van der Waals surface area contributed by atoms with E-state index >= 15 is 0 Å². The van der Waals surface area contributed by atoms with Crippen LogP contribution in [0.3, 0.4) is 0 Å². The molecule has 0 spiro atoms. The Labute approximate surface area is 181 Å². The number of piperidine rings is 1. The molecule has 31 heavy (non-hydrogen) atoms. The summed E-state index contributed by atoms with van der Waals surface area (Å²) in [4.78, 5) is 15.0. The Kier molecular flexibility index (Phi) is 5.38. The number of furan rings is 1. The second kappa shape index (κ2) is 8.47. The van der Waals surface area contributed by atoms with Gasteiger partial charge in [-0.2, -0.15) is 0 Å². The predicted molar refractivity (Wildman–Crippen MR) is 118 cm³/mol. The number of anilines is 1. The highest BCUT2D eigenvalue weighted by molar-refractivity contribution is 6.02. The number of nitrogens with one attached hydrogen (secondary N) is 1. The first kappa shape index (κ1) is 19.7. The fourth-order valence-electron chi connectivity index (χ4n) is 4.56. The summed E-state index contributed by atoms with van der Waals surface area (Å²) in [5, 5.41) is 2.85. The van der Waals surface area contributed by atoms with Gasteiger partial charge in [0, 0.05) is 23.8 Å². The third-order valence-corrected chi connectivity index (χ3v) is 6.24. The average molecular weight is 418 g/mol. The molecule has 3 aromatic rings. The van der Waals surface area contributed by atoms with Gasteiger partial charge in [-0.25, -0.2) is 0 Å². The summed E-state index contributed by atoms with van der Waals surface area (Å²) in [5.74, 6) is 1.62. The summed E-state index contributed by atoms with van der Waals surface area (Å²) in [6.45, 7) is 0. The SMILES string of the molecule is CN1[C@@H]2CC[C@H]1C[C@@H](Oc1ccc(NC(=O)c3ccc(Oc4ccccc4)o3)cc1)C2. The van der Waals surface area contributed by atoms with Crippen molar-refractivity contribution in [3.8, 4) is 17.4 Å². The molecule has 6 nitrogen and oxygen atoms in total. The highest BCUT2D eigenvalue weighted by Crippen LogP contribution is 2.36. The Hall–Kier alpha value is -3.25. The Morgan fingerprint density at radius 3 is 2.35 bits per heavy atom. The van der Waals surface area contributed by atoms with E-state index in [0.717, 1.165) is 18.6 Å². The highest BCUT2D eigenvalue weighted by Gasteiger charge is 2.39. The first-order valence-corrected chi connectivity index (χ1v) is 10.8. The van der Waals surface area contributed by atoms with Crippen LogP contribution in [-0.4, -0.2) is 36.0 Å². The van der Waals surface area contributed by atoms with Gasteiger partial charge in [0.25, 0.3) is 11.9 Å². The highest BCUT2D eigenvalue weighted by atomic mass is 16.6. The van der Waals surface area contributed by atoms with Crippen molar-refractivity contribution in [3.63, 3.8) is 0 Å². The largest absolute Gasteiger partial charge is 0.490 e. The number of hydrogen-bond donors (Lipinski definition) is 1. The van der Waals surface area contributed by atoms with Crippen LogP contribution in [0.15, 0.2) is 71.1 Å². The quantitative estimate of drug-likeness (QED) is 0.586. The molecule has 2 fully saturated rings. The van der Waals surface area contributed by atoms with Crippen LogP contribution < -0.4 is 14.8 Å². The molecule has 2 aromatic carbocycles. The monoisotopic (exact) mass is 418 g/mol. The van der Waals surface area contributed by atoms with Gasteiger partial charge in [0.2, 0.25) is 0 Å². The topological polar surface area (TPSA) is 63.9 Å². The molecular formula is C25H26N2O4. The van der Waals surface area contributed by atoms with Crippen LogP contribution in [0.1, 0.15) is 36.2 Å². The second-order valence-electron chi connectivity index (χ2n) is 8.27. The lowest BCUT2D eigenvalue weighted by Gasteiger charge is -2.36. The Bertz CT molecular complexity index is 1020. The summed E-state index contributed by atoms with van der Waals surface area (Å²) < 4.78 is 17.3. The van der Waals surface area contributed by atoms with E-state index in [9.17, 15) is 4.79 Å². The minimum absolute atomic E-state index is 0.188. The van der Waals surface area contributed by atoms with Crippen LogP contribution in [0, 0.1) is 0 Å². The van der Waals surface area contributed by atoms with Gasteiger partial charge in [-0.3, -0.25) is 4.79 Å². The molecule has 1 aromatic heterocycles. The second-order valence-corrected chi connectivity index (χ2v) is 8.27. The number of ether oxygens (including phenoxy) is 2. The van der Waals surface area contributed by atoms with Crippen molar-refractivity contribution in [2.45, 2.75) is 43.9 Å². The maximum absolute atomic E-state index is 12.5. The van der Waals surface area contributed by atoms with Crippen LogP contribution in [0.4, 0.5) is 5.69 Å². The standard InChI is InChI=1S/C25H26N2O4/c1-27-18-9-10-19(27)16-22(15-18)29-21-11-7-17(8-12-21)26-25(28)23-13-14-24(31-23)30-20-5-3-2-4-6-20/h2-8,11-14,18-19,22H,9-10,15-16H2,1H3,(H,26,28)/t18-,19+,22+.